The van der Waals surface area contributed by atoms with Gasteiger partial charge in [-0.05, 0) is 6.92 Å². The molecule has 1 rings (SSSR count). The maximum atomic E-state index is 11.8. The SMILES string of the molecule is CNC(=O)CN1CCNCCN(C(=O)NC)CCNCC1C. The van der Waals surface area contributed by atoms with Crippen LogP contribution in [-0.2, 0) is 4.79 Å². The Bertz CT molecular complexity index is 352. The Labute approximate surface area is 133 Å². The lowest BCUT2D eigenvalue weighted by atomic mass is 10.2. The van der Waals surface area contributed by atoms with Crippen LogP contribution in [0, 0.1) is 0 Å². The first kappa shape index (κ1) is 18.7. The Morgan fingerprint density at radius 1 is 1.05 bits per heavy atom. The molecule has 1 aliphatic heterocycles. The molecular weight excluding hydrogens is 284 g/mol. The van der Waals surface area contributed by atoms with Crippen LogP contribution >= 0.6 is 0 Å². The summed E-state index contributed by atoms with van der Waals surface area (Å²) in [7, 11) is 3.31. The van der Waals surface area contributed by atoms with Gasteiger partial charge in [0.1, 0.15) is 0 Å². The lowest BCUT2D eigenvalue weighted by molar-refractivity contribution is -0.122. The minimum Gasteiger partial charge on any atom is -0.358 e. The fourth-order valence-corrected chi connectivity index (χ4v) is 2.41. The topological polar surface area (TPSA) is 88.7 Å². The first-order valence-electron chi connectivity index (χ1n) is 7.91. The standard InChI is InChI=1S/C14H30N6O2/c1-12-10-18-6-8-19(14(22)16-3)7-4-17-5-9-20(12)11-13(21)15-2/h12,17-18H,4-11H2,1-3H3,(H,15,21)(H,16,22). The Kier molecular flexibility index (Phi) is 8.79. The maximum absolute atomic E-state index is 11.8. The van der Waals surface area contributed by atoms with Crippen LogP contribution < -0.4 is 21.3 Å². The van der Waals surface area contributed by atoms with Crippen molar-refractivity contribution in [3.8, 4) is 0 Å². The van der Waals surface area contributed by atoms with Crippen molar-refractivity contribution in [3.63, 3.8) is 0 Å². The summed E-state index contributed by atoms with van der Waals surface area (Å²) in [6, 6.07) is 0.210. The molecule has 4 N–H and O–H groups in total. The van der Waals surface area contributed by atoms with Gasteiger partial charge in [-0.3, -0.25) is 9.69 Å². The van der Waals surface area contributed by atoms with Crippen molar-refractivity contribution in [2.75, 3.05) is 66.5 Å². The molecule has 1 saturated heterocycles. The molecule has 0 aliphatic carbocycles. The lowest BCUT2D eigenvalue weighted by Crippen LogP contribution is -2.51. The first-order valence-corrected chi connectivity index (χ1v) is 7.91. The van der Waals surface area contributed by atoms with Gasteiger partial charge in [0, 0.05) is 66.0 Å². The van der Waals surface area contributed by atoms with Crippen molar-refractivity contribution >= 4 is 11.9 Å². The molecule has 128 valence electrons. The fraction of sp³-hybridized carbons (Fsp3) is 0.857. The smallest absolute Gasteiger partial charge is 0.317 e. The predicted octanol–water partition coefficient (Wildman–Crippen LogP) is -1.74. The summed E-state index contributed by atoms with van der Waals surface area (Å²) in [5.41, 5.74) is 0. The molecule has 1 unspecified atom stereocenters. The highest BCUT2D eigenvalue weighted by Gasteiger charge is 2.17. The highest BCUT2D eigenvalue weighted by atomic mass is 16.2. The summed E-state index contributed by atoms with van der Waals surface area (Å²) in [6.07, 6.45) is 0. The molecule has 0 aromatic carbocycles. The van der Waals surface area contributed by atoms with Gasteiger partial charge in [0.05, 0.1) is 6.54 Å². The largest absolute Gasteiger partial charge is 0.358 e. The van der Waals surface area contributed by atoms with E-state index in [0.29, 0.717) is 19.6 Å². The van der Waals surface area contributed by atoms with E-state index in [1.54, 1.807) is 19.0 Å². The van der Waals surface area contributed by atoms with Crippen LogP contribution in [0.25, 0.3) is 0 Å². The average Bonchev–Trinajstić information content (AvgIpc) is 2.52. The van der Waals surface area contributed by atoms with E-state index in [9.17, 15) is 9.59 Å². The van der Waals surface area contributed by atoms with E-state index in [4.69, 9.17) is 0 Å². The van der Waals surface area contributed by atoms with E-state index in [1.165, 1.54) is 0 Å². The number of nitrogens with zero attached hydrogens (tertiary/aromatic N) is 2. The van der Waals surface area contributed by atoms with Crippen molar-refractivity contribution < 1.29 is 9.59 Å². The molecule has 22 heavy (non-hydrogen) atoms. The fourth-order valence-electron chi connectivity index (χ4n) is 2.41. The summed E-state index contributed by atoms with van der Waals surface area (Å²) < 4.78 is 0. The van der Waals surface area contributed by atoms with E-state index in [-0.39, 0.29) is 18.0 Å². The highest BCUT2D eigenvalue weighted by molar-refractivity contribution is 5.77. The third-order valence-electron chi connectivity index (χ3n) is 3.88. The van der Waals surface area contributed by atoms with Crippen LogP contribution in [0.1, 0.15) is 6.92 Å². The lowest BCUT2D eigenvalue weighted by Gasteiger charge is -2.30. The van der Waals surface area contributed by atoms with Gasteiger partial charge in [0.2, 0.25) is 5.91 Å². The normalized spacial score (nSPS) is 22.3. The molecule has 0 aromatic heterocycles. The van der Waals surface area contributed by atoms with Crippen LogP contribution in [0.15, 0.2) is 0 Å². The summed E-state index contributed by atoms with van der Waals surface area (Å²) in [6.45, 7) is 7.73. The van der Waals surface area contributed by atoms with Crippen molar-refractivity contribution in [3.05, 3.63) is 0 Å². The first-order chi connectivity index (χ1) is 10.6. The molecular formula is C14H30N6O2. The molecule has 1 fully saturated rings. The van der Waals surface area contributed by atoms with E-state index in [2.05, 4.69) is 33.1 Å². The van der Waals surface area contributed by atoms with Crippen molar-refractivity contribution in [2.45, 2.75) is 13.0 Å². The summed E-state index contributed by atoms with van der Waals surface area (Å²) in [4.78, 5) is 27.3. The molecule has 8 heteroatoms. The number of likely N-dealkylation sites (N-methyl/N-ethyl adjacent to an activating group) is 1. The van der Waals surface area contributed by atoms with Gasteiger partial charge in [-0.2, -0.15) is 0 Å². The molecule has 1 atom stereocenters. The molecule has 0 spiro atoms. The van der Waals surface area contributed by atoms with Gasteiger partial charge in [0.15, 0.2) is 0 Å². The van der Waals surface area contributed by atoms with E-state index in [1.807, 2.05) is 0 Å². The zero-order valence-corrected chi connectivity index (χ0v) is 13.9. The molecule has 3 amide bonds. The van der Waals surface area contributed by atoms with Gasteiger partial charge < -0.3 is 26.2 Å². The zero-order chi connectivity index (χ0) is 16.4. The average molecular weight is 314 g/mol. The predicted molar refractivity (Wildman–Crippen MR) is 86.9 cm³/mol. The van der Waals surface area contributed by atoms with Crippen molar-refractivity contribution in [1.29, 1.82) is 0 Å². The third kappa shape index (κ3) is 6.59. The third-order valence-corrected chi connectivity index (χ3v) is 3.88. The Morgan fingerprint density at radius 3 is 2.32 bits per heavy atom. The van der Waals surface area contributed by atoms with Gasteiger partial charge >= 0.3 is 6.03 Å². The molecule has 0 radical (unpaired) electrons. The number of hydrogen-bond acceptors (Lipinski definition) is 5. The number of amides is 3. The van der Waals surface area contributed by atoms with Crippen LogP contribution in [0.3, 0.4) is 0 Å². The molecule has 1 aliphatic rings. The van der Waals surface area contributed by atoms with Crippen LogP contribution in [0.4, 0.5) is 4.79 Å². The monoisotopic (exact) mass is 314 g/mol. The number of nitrogens with one attached hydrogen (secondary N) is 4. The van der Waals surface area contributed by atoms with E-state index >= 15 is 0 Å². The molecule has 0 saturated carbocycles. The van der Waals surface area contributed by atoms with Crippen LogP contribution in [0.2, 0.25) is 0 Å². The second-order valence-electron chi connectivity index (χ2n) is 5.49. The van der Waals surface area contributed by atoms with Gasteiger partial charge in [-0.15, -0.1) is 0 Å². The van der Waals surface area contributed by atoms with Crippen molar-refractivity contribution in [2.24, 2.45) is 0 Å². The number of carbonyl (C=O) groups excluding carboxylic acids is 2. The second kappa shape index (κ2) is 10.4. The van der Waals surface area contributed by atoms with Gasteiger partial charge in [-0.1, -0.05) is 0 Å². The number of rotatable bonds is 2. The maximum Gasteiger partial charge on any atom is 0.317 e. The zero-order valence-electron chi connectivity index (χ0n) is 13.9. The van der Waals surface area contributed by atoms with Crippen LogP contribution in [-0.4, -0.2) is 94.2 Å². The molecule has 0 bridgehead atoms. The summed E-state index contributed by atoms with van der Waals surface area (Å²) >= 11 is 0. The van der Waals surface area contributed by atoms with Gasteiger partial charge in [-0.25, -0.2) is 4.79 Å². The highest BCUT2D eigenvalue weighted by Crippen LogP contribution is 1.98. The Hall–Kier alpha value is -1.38. The minimum atomic E-state index is -0.0463. The number of hydrogen-bond donors (Lipinski definition) is 4. The Balaban J connectivity index is 2.54. The van der Waals surface area contributed by atoms with Gasteiger partial charge in [0.25, 0.3) is 0 Å². The molecule has 0 aromatic rings. The van der Waals surface area contributed by atoms with E-state index < -0.39 is 0 Å². The quantitative estimate of drug-likeness (QED) is 0.486. The van der Waals surface area contributed by atoms with E-state index in [0.717, 1.165) is 32.7 Å². The number of urea groups is 1. The minimum absolute atomic E-state index is 0.0322. The van der Waals surface area contributed by atoms with Crippen LogP contribution in [0.5, 0.6) is 0 Å². The summed E-state index contributed by atoms with van der Waals surface area (Å²) in [5.74, 6) is 0.0322. The van der Waals surface area contributed by atoms with Crippen molar-refractivity contribution in [1.82, 2.24) is 31.1 Å². The second-order valence-corrected chi connectivity index (χ2v) is 5.49. The molecule has 1 heterocycles. The number of carbonyl (C=O) groups is 2. The summed E-state index contributed by atoms with van der Waals surface area (Å²) in [5, 5.41) is 12.0. The molecule has 8 nitrogen and oxygen atoms in total. The Morgan fingerprint density at radius 2 is 1.68 bits per heavy atom.